The minimum Gasteiger partial charge on any atom is -0.326 e. The second kappa shape index (κ2) is 7.22. The molecule has 92 valence electrons. The Morgan fingerprint density at radius 3 is 2.18 bits per heavy atom. The van der Waals surface area contributed by atoms with E-state index in [2.05, 4.69) is 4.98 Å². The standard InChI is InChI=1S/C12H11FN2.2ClH/c13-12-7-11(5-6-15-12)10-3-1-9(8-14)2-4-10;;/h1-7H,8,14H2;2*1H. The fraction of sp³-hybridized carbons (Fsp3) is 0.0833. The lowest BCUT2D eigenvalue weighted by atomic mass is 10.1. The molecule has 2 nitrogen and oxygen atoms in total. The quantitative estimate of drug-likeness (QED) is 0.855. The lowest BCUT2D eigenvalue weighted by Gasteiger charge is -2.02. The Morgan fingerprint density at radius 1 is 1.00 bits per heavy atom. The molecular formula is C12H13Cl2FN2. The summed E-state index contributed by atoms with van der Waals surface area (Å²) in [5.41, 5.74) is 8.35. The smallest absolute Gasteiger partial charge is 0.213 e. The summed E-state index contributed by atoms with van der Waals surface area (Å²) in [7, 11) is 0. The SMILES string of the molecule is Cl.Cl.NCc1ccc(-c2ccnc(F)c2)cc1. The van der Waals surface area contributed by atoms with Crippen LogP contribution < -0.4 is 5.73 Å². The van der Waals surface area contributed by atoms with Crippen molar-refractivity contribution in [3.05, 3.63) is 54.1 Å². The van der Waals surface area contributed by atoms with Gasteiger partial charge in [0.15, 0.2) is 0 Å². The number of hydrogen-bond donors (Lipinski definition) is 1. The van der Waals surface area contributed by atoms with E-state index in [0.717, 1.165) is 16.7 Å². The molecule has 0 bridgehead atoms. The molecule has 5 heteroatoms. The average molecular weight is 275 g/mol. The molecule has 1 aromatic heterocycles. The van der Waals surface area contributed by atoms with E-state index in [4.69, 9.17) is 5.73 Å². The van der Waals surface area contributed by atoms with Crippen molar-refractivity contribution in [2.24, 2.45) is 5.73 Å². The average Bonchev–Trinajstić information content (AvgIpc) is 2.29. The van der Waals surface area contributed by atoms with Crippen LogP contribution in [0.4, 0.5) is 4.39 Å². The zero-order valence-corrected chi connectivity index (χ0v) is 10.6. The summed E-state index contributed by atoms with van der Waals surface area (Å²) in [4.78, 5) is 3.51. The summed E-state index contributed by atoms with van der Waals surface area (Å²) < 4.78 is 12.9. The third-order valence-corrected chi connectivity index (χ3v) is 2.25. The van der Waals surface area contributed by atoms with Crippen molar-refractivity contribution in [3.8, 4) is 11.1 Å². The summed E-state index contributed by atoms with van der Waals surface area (Å²) in [6, 6.07) is 10.9. The molecule has 0 unspecified atom stereocenters. The molecule has 1 aromatic carbocycles. The van der Waals surface area contributed by atoms with Gasteiger partial charge in [0, 0.05) is 18.8 Å². The molecule has 0 saturated heterocycles. The molecule has 0 saturated carbocycles. The van der Waals surface area contributed by atoms with Gasteiger partial charge in [0.2, 0.25) is 5.95 Å². The van der Waals surface area contributed by atoms with Crippen molar-refractivity contribution in [1.82, 2.24) is 4.98 Å². The lowest BCUT2D eigenvalue weighted by molar-refractivity contribution is 0.584. The maximum absolute atomic E-state index is 12.9. The van der Waals surface area contributed by atoms with Gasteiger partial charge in [-0.1, -0.05) is 24.3 Å². The maximum Gasteiger partial charge on any atom is 0.213 e. The van der Waals surface area contributed by atoms with E-state index >= 15 is 0 Å². The molecule has 0 radical (unpaired) electrons. The Hall–Kier alpha value is -1.16. The normalized spacial score (nSPS) is 9.06. The molecule has 0 amide bonds. The van der Waals surface area contributed by atoms with E-state index < -0.39 is 5.95 Å². The second-order valence-electron chi connectivity index (χ2n) is 3.27. The van der Waals surface area contributed by atoms with Crippen molar-refractivity contribution in [2.45, 2.75) is 6.54 Å². The monoisotopic (exact) mass is 274 g/mol. The molecule has 2 N–H and O–H groups in total. The van der Waals surface area contributed by atoms with Crippen LogP contribution in [0.5, 0.6) is 0 Å². The number of aromatic nitrogens is 1. The summed E-state index contributed by atoms with van der Waals surface area (Å²) in [5.74, 6) is -0.463. The molecular weight excluding hydrogens is 262 g/mol. The first-order valence-electron chi connectivity index (χ1n) is 4.70. The Balaban J connectivity index is 0.00000128. The zero-order chi connectivity index (χ0) is 10.7. The molecule has 0 aliphatic heterocycles. The van der Waals surface area contributed by atoms with E-state index in [9.17, 15) is 4.39 Å². The van der Waals surface area contributed by atoms with Crippen molar-refractivity contribution in [3.63, 3.8) is 0 Å². The molecule has 17 heavy (non-hydrogen) atoms. The van der Waals surface area contributed by atoms with Gasteiger partial charge in [0.25, 0.3) is 0 Å². The lowest BCUT2D eigenvalue weighted by Crippen LogP contribution is -1.95. The Morgan fingerprint density at radius 2 is 1.65 bits per heavy atom. The highest BCUT2D eigenvalue weighted by Crippen LogP contribution is 2.19. The first kappa shape index (κ1) is 15.8. The summed E-state index contributed by atoms with van der Waals surface area (Å²) in [6.07, 6.45) is 1.46. The molecule has 0 spiro atoms. The van der Waals surface area contributed by atoms with Crippen LogP contribution in [0.2, 0.25) is 0 Å². The van der Waals surface area contributed by atoms with Gasteiger partial charge in [-0.3, -0.25) is 0 Å². The zero-order valence-electron chi connectivity index (χ0n) is 8.97. The van der Waals surface area contributed by atoms with E-state index in [1.54, 1.807) is 6.07 Å². The van der Waals surface area contributed by atoms with Crippen LogP contribution in [-0.2, 0) is 6.54 Å². The van der Waals surface area contributed by atoms with E-state index in [1.807, 2.05) is 24.3 Å². The number of benzene rings is 1. The summed E-state index contributed by atoms with van der Waals surface area (Å²) >= 11 is 0. The van der Waals surface area contributed by atoms with Crippen molar-refractivity contribution in [1.29, 1.82) is 0 Å². The Bertz CT molecular complexity index is 460. The minimum atomic E-state index is -0.463. The number of nitrogens with zero attached hydrogens (tertiary/aromatic N) is 1. The fourth-order valence-corrected chi connectivity index (χ4v) is 1.42. The highest BCUT2D eigenvalue weighted by Gasteiger charge is 1.99. The Kier molecular flexibility index (Phi) is 6.73. The maximum atomic E-state index is 12.9. The van der Waals surface area contributed by atoms with Crippen LogP contribution >= 0.6 is 24.8 Å². The third-order valence-electron chi connectivity index (χ3n) is 2.25. The van der Waals surface area contributed by atoms with Crippen LogP contribution in [0.3, 0.4) is 0 Å². The van der Waals surface area contributed by atoms with Gasteiger partial charge in [0.05, 0.1) is 0 Å². The largest absolute Gasteiger partial charge is 0.326 e. The molecule has 1 heterocycles. The van der Waals surface area contributed by atoms with E-state index in [-0.39, 0.29) is 24.8 Å². The van der Waals surface area contributed by atoms with E-state index in [0.29, 0.717) is 6.54 Å². The van der Waals surface area contributed by atoms with Crippen molar-refractivity contribution < 1.29 is 4.39 Å². The third kappa shape index (κ3) is 3.97. The van der Waals surface area contributed by atoms with Crippen LogP contribution in [0.25, 0.3) is 11.1 Å². The predicted octanol–water partition coefficient (Wildman–Crippen LogP) is 3.19. The fourth-order valence-electron chi connectivity index (χ4n) is 1.42. The molecule has 2 rings (SSSR count). The first-order valence-corrected chi connectivity index (χ1v) is 4.70. The second-order valence-corrected chi connectivity index (χ2v) is 3.27. The minimum absolute atomic E-state index is 0. The van der Waals surface area contributed by atoms with Crippen molar-refractivity contribution in [2.75, 3.05) is 0 Å². The van der Waals surface area contributed by atoms with Gasteiger partial charge >= 0.3 is 0 Å². The highest BCUT2D eigenvalue weighted by molar-refractivity contribution is 5.85. The van der Waals surface area contributed by atoms with Gasteiger partial charge in [-0.2, -0.15) is 4.39 Å². The number of halogens is 3. The molecule has 2 aromatic rings. The van der Waals surface area contributed by atoms with Gasteiger partial charge in [0.1, 0.15) is 0 Å². The van der Waals surface area contributed by atoms with Gasteiger partial charge < -0.3 is 5.73 Å². The molecule has 0 fully saturated rings. The van der Waals surface area contributed by atoms with Gasteiger partial charge in [-0.05, 0) is 22.8 Å². The van der Waals surface area contributed by atoms with Gasteiger partial charge in [-0.25, -0.2) is 4.98 Å². The van der Waals surface area contributed by atoms with Crippen LogP contribution in [-0.4, -0.2) is 4.98 Å². The topological polar surface area (TPSA) is 38.9 Å². The highest BCUT2D eigenvalue weighted by atomic mass is 35.5. The molecule has 0 aliphatic carbocycles. The van der Waals surface area contributed by atoms with Crippen molar-refractivity contribution >= 4 is 24.8 Å². The number of rotatable bonds is 2. The summed E-state index contributed by atoms with van der Waals surface area (Å²) in [6.45, 7) is 0.519. The number of pyridine rings is 1. The predicted molar refractivity (Wildman–Crippen MR) is 72.0 cm³/mol. The van der Waals surface area contributed by atoms with Crippen LogP contribution in [0, 0.1) is 5.95 Å². The number of nitrogens with two attached hydrogens (primary N) is 1. The van der Waals surface area contributed by atoms with Gasteiger partial charge in [-0.15, -0.1) is 24.8 Å². The van der Waals surface area contributed by atoms with E-state index in [1.165, 1.54) is 12.3 Å². The summed E-state index contributed by atoms with van der Waals surface area (Å²) in [5, 5.41) is 0. The van der Waals surface area contributed by atoms with Crippen LogP contribution in [0.1, 0.15) is 5.56 Å². The molecule has 0 aliphatic rings. The van der Waals surface area contributed by atoms with Crippen LogP contribution in [0.15, 0.2) is 42.6 Å². The molecule has 0 atom stereocenters. The number of hydrogen-bond acceptors (Lipinski definition) is 2. The first-order chi connectivity index (χ1) is 7.29. The Labute approximate surface area is 112 Å².